The van der Waals surface area contributed by atoms with Crippen LogP contribution >= 0.6 is 0 Å². The second-order valence-corrected chi connectivity index (χ2v) is 6.23. The summed E-state index contributed by atoms with van der Waals surface area (Å²) in [6, 6.07) is 12.9. The summed E-state index contributed by atoms with van der Waals surface area (Å²) in [4.78, 5) is 23.2. The van der Waals surface area contributed by atoms with E-state index in [1.165, 1.54) is 0 Å². The van der Waals surface area contributed by atoms with Crippen LogP contribution in [0, 0.1) is 0 Å². The highest BCUT2D eigenvalue weighted by atomic mass is 16.5. The quantitative estimate of drug-likeness (QED) is 0.777. The van der Waals surface area contributed by atoms with E-state index in [-0.39, 0.29) is 5.91 Å². The van der Waals surface area contributed by atoms with Crippen molar-refractivity contribution in [3.8, 4) is 23.0 Å². The zero-order chi connectivity index (χ0) is 17.9. The van der Waals surface area contributed by atoms with Crippen molar-refractivity contribution in [2.75, 3.05) is 13.1 Å². The van der Waals surface area contributed by atoms with Crippen molar-refractivity contribution in [2.45, 2.75) is 19.4 Å². The Morgan fingerprint density at radius 3 is 2.58 bits per heavy atom. The van der Waals surface area contributed by atoms with Crippen LogP contribution in [-0.2, 0) is 6.54 Å². The van der Waals surface area contributed by atoms with Crippen molar-refractivity contribution in [3.05, 3.63) is 53.7 Å². The third-order valence-electron chi connectivity index (χ3n) is 4.45. The van der Waals surface area contributed by atoms with Crippen molar-refractivity contribution in [1.29, 1.82) is 0 Å². The number of rotatable bonds is 4. The van der Waals surface area contributed by atoms with E-state index in [1.54, 1.807) is 18.2 Å². The first kappa shape index (κ1) is 16.4. The van der Waals surface area contributed by atoms with Crippen LogP contribution in [0.1, 0.15) is 28.9 Å². The minimum absolute atomic E-state index is 0.0542. The fourth-order valence-electron chi connectivity index (χ4n) is 2.99. The topological polar surface area (TPSA) is 98.1 Å². The number of likely N-dealkylation sites (tertiary alicyclic amines) is 1. The molecule has 2 aromatic heterocycles. The molecule has 1 fully saturated rings. The Morgan fingerprint density at radius 1 is 1.08 bits per heavy atom. The summed E-state index contributed by atoms with van der Waals surface area (Å²) in [6.07, 6.45) is 2.09. The van der Waals surface area contributed by atoms with Crippen molar-refractivity contribution in [2.24, 2.45) is 5.73 Å². The molecule has 0 saturated carbocycles. The number of benzene rings is 1. The second-order valence-electron chi connectivity index (χ2n) is 6.23. The van der Waals surface area contributed by atoms with Crippen LogP contribution in [0.4, 0.5) is 0 Å². The van der Waals surface area contributed by atoms with Gasteiger partial charge in [0.15, 0.2) is 0 Å². The normalized spacial score (nSPS) is 14.0. The Balaban J connectivity index is 1.59. The van der Waals surface area contributed by atoms with E-state index >= 15 is 0 Å². The van der Waals surface area contributed by atoms with E-state index in [9.17, 15) is 4.79 Å². The highest BCUT2D eigenvalue weighted by molar-refractivity contribution is 5.92. The first-order valence-corrected chi connectivity index (χ1v) is 8.64. The van der Waals surface area contributed by atoms with Gasteiger partial charge in [-0.3, -0.25) is 4.79 Å². The summed E-state index contributed by atoms with van der Waals surface area (Å²) in [5, 5.41) is 4.02. The van der Waals surface area contributed by atoms with E-state index in [1.807, 2.05) is 29.2 Å². The third kappa shape index (κ3) is 3.21. The first-order valence-electron chi connectivity index (χ1n) is 8.64. The molecule has 3 heterocycles. The zero-order valence-electron chi connectivity index (χ0n) is 14.3. The third-order valence-corrected chi connectivity index (χ3v) is 4.45. The molecule has 0 bridgehead atoms. The van der Waals surface area contributed by atoms with Gasteiger partial charge in [0, 0.05) is 25.2 Å². The van der Waals surface area contributed by atoms with Gasteiger partial charge in [0.2, 0.25) is 5.82 Å². The van der Waals surface area contributed by atoms with Crippen molar-refractivity contribution in [3.63, 3.8) is 0 Å². The predicted octanol–water partition coefficient (Wildman–Crippen LogP) is 2.49. The van der Waals surface area contributed by atoms with Gasteiger partial charge in [-0.2, -0.15) is 4.98 Å². The summed E-state index contributed by atoms with van der Waals surface area (Å²) in [5.41, 5.74) is 8.38. The number of nitrogens with two attached hydrogens (primary N) is 1. The van der Waals surface area contributed by atoms with E-state index in [0.717, 1.165) is 37.1 Å². The van der Waals surface area contributed by atoms with Gasteiger partial charge in [-0.15, -0.1) is 0 Å². The number of nitrogens with zero attached hydrogens (tertiary/aromatic N) is 4. The molecule has 26 heavy (non-hydrogen) atoms. The lowest BCUT2D eigenvalue weighted by Crippen LogP contribution is -2.28. The summed E-state index contributed by atoms with van der Waals surface area (Å²) in [5.74, 6) is 0.710. The largest absolute Gasteiger partial charge is 0.337 e. The van der Waals surface area contributed by atoms with E-state index in [4.69, 9.17) is 10.3 Å². The molecule has 4 rings (SSSR count). The van der Waals surface area contributed by atoms with Gasteiger partial charge in [0.05, 0.1) is 0 Å². The number of carbonyl (C=O) groups excluding carboxylic acids is 1. The Hall–Kier alpha value is -3.06. The fourth-order valence-corrected chi connectivity index (χ4v) is 2.99. The molecule has 1 aromatic carbocycles. The van der Waals surface area contributed by atoms with Crippen molar-refractivity contribution < 1.29 is 9.32 Å². The summed E-state index contributed by atoms with van der Waals surface area (Å²) < 4.78 is 5.35. The first-order chi connectivity index (χ1) is 12.7. The van der Waals surface area contributed by atoms with Crippen molar-refractivity contribution >= 4 is 5.91 Å². The lowest BCUT2D eigenvalue weighted by molar-refractivity contribution is 0.0787. The number of carbonyl (C=O) groups is 1. The maximum atomic E-state index is 12.5. The Kier molecular flexibility index (Phi) is 4.45. The van der Waals surface area contributed by atoms with Crippen LogP contribution < -0.4 is 5.73 Å². The van der Waals surface area contributed by atoms with Gasteiger partial charge in [-0.1, -0.05) is 35.5 Å². The molecule has 0 atom stereocenters. The Labute approximate surface area is 150 Å². The van der Waals surface area contributed by atoms with Crippen LogP contribution in [-0.4, -0.2) is 39.0 Å². The molecule has 0 aliphatic carbocycles. The average Bonchev–Trinajstić information content (AvgIpc) is 3.40. The molecule has 7 heteroatoms. The molecular weight excluding hydrogens is 330 g/mol. The molecule has 132 valence electrons. The Bertz CT molecular complexity index is 914. The molecule has 1 saturated heterocycles. The van der Waals surface area contributed by atoms with Crippen LogP contribution in [0.25, 0.3) is 23.0 Å². The molecular formula is C19H19N5O2. The smallest absolute Gasteiger partial charge is 0.276 e. The minimum atomic E-state index is -0.0542. The molecule has 7 nitrogen and oxygen atoms in total. The maximum Gasteiger partial charge on any atom is 0.276 e. The molecule has 1 aliphatic rings. The van der Waals surface area contributed by atoms with Crippen LogP contribution in [0.5, 0.6) is 0 Å². The maximum absolute atomic E-state index is 12.5. The lowest BCUT2D eigenvalue weighted by Gasteiger charge is -2.14. The number of hydrogen-bond donors (Lipinski definition) is 1. The molecule has 3 aromatic rings. The van der Waals surface area contributed by atoms with Gasteiger partial charge in [-0.05, 0) is 30.5 Å². The van der Waals surface area contributed by atoms with Gasteiger partial charge < -0.3 is 15.2 Å². The van der Waals surface area contributed by atoms with E-state index in [2.05, 4.69) is 15.1 Å². The SMILES string of the molecule is NCc1ccc(-c2noc(-c3cccc(C(=O)N4CCCC4)n3)n2)cc1. The Morgan fingerprint density at radius 2 is 1.85 bits per heavy atom. The molecule has 2 N–H and O–H groups in total. The average molecular weight is 349 g/mol. The second kappa shape index (κ2) is 7.05. The van der Waals surface area contributed by atoms with Gasteiger partial charge >= 0.3 is 0 Å². The fraction of sp³-hybridized carbons (Fsp3) is 0.263. The zero-order valence-corrected chi connectivity index (χ0v) is 14.3. The number of amides is 1. The summed E-state index contributed by atoms with van der Waals surface area (Å²) in [6.45, 7) is 2.06. The van der Waals surface area contributed by atoms with Crippen LogP contribution in [0.3, 0.4) is 0 Å². The van der Waals surface area contributed by atoms with Gasteiger partial charge in [0.1, 0.15) is 11.4 Å². The van der Waals surface area contributed by atoms with Gasteiger partial charge in [-0.25, -0.2) is 4.98 Å². The lowest BCUT2D eigenvalue weighted by atomic mass is 10.1. The highest BCUT2D eigenvalue weighted by Crippen LogP contribution is 2.22. The monoisotopic (exact) mass is 349 g/mol. The van der Waals surface area contributed by atoms with E-state index in [0.29, 0.717) is 29.6 Å². The van der Waals surface area contributed by atoms with E-state index < -0.39 is 0 Å². The number of hydrogen-bond acceptors (Lipinski definition) is 6. The standard InChI is InChI=1S/C19H19N5O2/c20-12-13-6-8-14(9-7-13)17-22-18(26-23-17)15-4-3-5-16(21-15)19(25)24-10-1-2-11-24/h3-9H,1-2,10-12,20H2. The van der Waals surface area contributed by atoms with Crippen LogP contribution in [0.2, 0.25) is 0 Å². The van der Waals surface area contributed by atoms with Crippen molar-refractivity contribution in [1.82, 2.24) is 20.0 Å². The molecule has 0 radical (unpaired) electrons. The number of pyridine rings is 1. The predicted molar refractivity (Wildman–Crippen MR) is 96.0 cm³/mol. The minimum Gasteiger partial charge on any atom is -0.337 e. The van der Waals surface area contributed by atoms with Gasteiger partial charge in [0.25, 0.3) is 11.8 Å². The summed E-state index contributed by atoms with van der Waals surface area (Å²) in [7, 11) is 0. The molecule has 1 aliphatic heterocycles. The number of aromatic nitrogens is 3. The van der Waals surface area contributed by atoms with Crippen LogP contribution in [0.15, 0.2) is 47.0 Å². The summed E-state index contributed by atoms with van der Waals surface area (Å²) >= 11 is 0. The molecule has 1 amide bonds. The highest BCUT2D eigenvalue weighted by Gasteiger charge is 2.21. The molecule has 0 unspecified atom stereocenters. The molecule has 0 spiro atoms.